The average Bonchev–Trinajstić information content (AvgIpc) is 3.04. The van der Waals surface area contributed by atoms with E-state index < -0.39 is 0 Å². The number of benzene rings is 1. The van der Waals surface area contributed by atoms with Gasteiger partial charge in [0, 0.05) is 13.1 Å². The van der Waals surface area contributed by atoms with Gasteiger partial charge in [-0.05, 0) is 45.7 Å². The molecule has 0 bridgehead atoms. The molecule has 0 N–H and O–H groups in total. The molecule has 1 aliphatic rings. The van der Waals surface area contributed by atoms with Crippen molar-refractivity contribution in [3.63, 3.8) is 0 Å². The van der Waals surface area contributed by atoms with Gasteiger partial charge in [0.25, 0.3) is 5.91 Å². The molecule has 1 amide bonds. The molecular formula is C21H26N2O5. The molecule has 7 heteroatoms. The van der Waals surface area contributed by atoms with Crippen LogP contribution in [0.2, 0.25) is 0 Å². The first-order valence-corrected chi connectivity index (χ1v) is 9.60. The number of piperidine rings is 1. The Morgan fingerprint density at radius 2 is 2.07 bits per heavy atom. The molecule has 1 aliphatic heterocycles. The molecule has 1 fully saturated rings. The summed E-state index contributed by atoms with van der Waals surface area (Å²) in [6.07, 6.45) is 1.52. The summed E-state index contributed by atoms with van der Waals surface area (Å²) in [5.41, 5.74) is 2.14. The first-order valence-electron chi connectivity index (χ1n) is 9.60. The Morgan fingerprint density at radius 1 is 1.29 bits per heavy atom. The number of amides is 1. The number of rotatable bonds is 6. The summed E-state index contributed by atoms with van der Waals surface area (Å²) >= 11 is 0. The first kappa shape index (κ1) is 19.9. The normalized spacial score (nSPS) is 16.7. The molecule has 1 unspecified atom stereocenters. The molecule has 1 atom stereocenters. The molecule has 2 heterocycles. The third-order valence-corrected chi connectivity index (χ3v) is 5.00. The highest BCUT2D eigenvalue weighted by Gasteiger charge is 2.30. The number of carbonyl (C=O) groups is 2. The van der Waals surface area contributed by atoms with E-state index in [0.29, 0.717) is 36.8 Å². The minimum Gasteiger partial charge on any atom is -0.488 e. The fourth-order valence-corrected chi connectivity index (χ4v) is 3.41. The molecule has 0 saturated carbocycles. The average molecular weight is 386 g/mol. The first-order chi connectivity index (χ1) is 13.5. The fraction of sp³-hybridized carbons (Fsp3) is 0.476. The number of aromatic nitrogens is 1. The van der Waals surface area contributed by atoms with Crippen molar-refractivity contribution in [1.29, 1.82) is 0 Å². The number of ether oxygens (including phenoxy) is 2. The third-order valence-electron chi connectivity index (χ3n) is 5.00. The topological polar surface area (TPSA) is 81.9 Å². The standard InChI is InChI=1S/C21H26N2O5/c1-4-26-21(25)16-8-7-11-23(12-16)20(24)17-9-5-6-10-19(17)27-13-18-14(2)22-28-15(18)3/h5-6,9-10,16H,4,7-8,11-13H2,1-3H3. The largest absolute Gasteiger partial charge is 0.488 e. The highest BCUT2D eigenvalue weighted by molar-refractivity contribution is 5.97. The number of esters is 1. The van der Waals surface area contributed by atoms with Crippen LogP contribution in [0.3, 0.4) is 0 Å². The molecule has 0 spiro atoms. The van der Waals surface area contributed by atoms with Gasteiger partial charge < -0.3 is 18.9 Å². The van der Waals surface area contributed by atoms with Gasteiger partial charge in [-0.25, -0.2) is 0 Å². The lowest BCUT2D eigenvalue weighted by Crippen LogP contribution is -2.42. The van der Waals surface area contributed by atoms with Gasteiger partial charge in [0.05, 0.1) is 29.3 Å². The zero-order chi connectivity index (χ0) is 20.1. The summed E-state index contributed by atoms with van der Waals surface area (Å²) in [7, 11) is 0. The number of para-hydroxylation sites is 1. The van der Waals surface area contributed by atoms with Crippen LogP contribution in [0.25, 0.3) is 0 Å². The molecular weight excluding hydrogens is 360 g/mol. The van der Waals surface area contributed by atoms with Gasteiger partial charge in [-0.15, -0.1) is 0 Å². The maximum Gasteiger partial charge on any atom is 0.310 e. The van der Waals surface area contributed by atoms with Crippen LogP contribution in [-0.4, -0.2) is 41.6 Å². The molecule has 0 radical (unpaired) electrons. The van der Waals surface area contributed by atoms with E-state index in [-0.39, 0.29) is 24.4 Å². The predicted octanol–water partition coefficient (Wildman–Crippen LogP) is 3.29. The van der Waals surface area contributed by atoms with Crippen LogP contribution in [0.1, 0.15) is 47.1 Å². The summed E-state index contributed by atoms with van der Waals surface area (Å²) in [6, 6.07) is 7.16. The lowest BCUT2D eigenvalue weighted by molar-refractivity contribution is -0.149. The molecule has 7 nitrogen and oxygen atoms in total. The molecule has 3 rings (SSSR count). The Morgan fingerprint density at radius 3 is 2.79 bits per heavy atom. The van der Waals surface area contributed by atoms with Crippen molar-refractivity contribution in [1.82, 2.24) is 10.1 Å². The summed E-state index contributed by atoms with van der Waals surface area (Å²) in [5, 5.41) is 3.93. The fourth-order valence-electron chi connectivity index (χ4n) is 3.41. The van der Waals surface area contributed by atoms with Crippen LogP contribution in [0.4, 0.5) is 0 Å². The van der Waals surface area contributed by atoms with Crippen molar-refractivity contribution in [2.24, 2.45) is 5.92 Å². The zero-order valence-electron chi connectivity index (χ0n) is 16.6. The van der Waals surface area contributed by atoms with E-state index in [1.165, 1.54) is 0 Å². The van der Waals surface area contributed by atoms with E-state index in [1.54, 1.807) is 24.0 Å². The zero-order valence-corrected chi connectivity index (χ0v) is 16.6. The van der Waals surface area contributed by atoms with Gasteiger partial charge in [-0.3, -0.25) is 9.59 Å². The van der Waals surface area contributed by atoms with Crippen LogP contribution in [-0.2, 0) is 16.1 Å². The van der Waals surface area contributed by atoms with Crippen molar-refractivity contribution < 1.29 is 23.6 Å². The van der Waals surface area contributed by atoms with Gasteiger partial charge in [-0.1, -0.05) is 17.3 Å². The van der Waals surface area contributed by atoms with Gasteiger partial charge in [0.15, 0.2) is 0 Å². The Bertz CT molecular complexity index is 826. The maximum absolute atomic E-state index is 13.1. The Hall–Kier alpha value is -2.83. The lowest BCUT2D eigenvalue weighted by atomic mass is 9.97. The monoisotopic (exact) mass is 386 g/mol. The van der Waals surface area contributed by atoms with Crippen LogP contribution >= 0.6 is 0 Å². The third kappa shape index (κ3) is 4.35. The molecule has 1 aromatic heterocycles. The van der Waals surface area contributed by atoms with E-state index in [0.717, 1.165) is 24.1 Å². The van der Waals surface area contributed by atoms with E-state index in [9.17, 15) is 9.59 Å². The lowest BCUT2D eigenvalue weighted by Gasteiger charge is -2.32. The smallest absolute Gasteiger partial charge is 0.310 e. The molecule has 0 aliphatic carbocycles. The summed E-state index contributed by atoms with van der Waals surface area (Å²) < 4.78 is 16.2. The highest BCUT2D eigenvalue weighted by Crippen LogP contribution is 2.26. The van der Waals surface area contributed by atoms with Gasteiger partial charge in [0.2, 0.25) is 0 Å². The summed E-state index contributed by atoms with van der Waals surface area (Å²) in [6.45, 7) is 7.09. The van der Waals surface area contributed by atoms with Crippen molar-refractivity contribution in [3.05, 3.63) is 46.8 Å². The number of hydrogen-bond donors (Lipinski definition) is 0. The van der Waals surface area contributed by atoms with Crippen molar-refractivity contribution in [3.8, 4) is 5.75 Å². The predicted molar refractivity (Wildman–Crippen MR) is 102 cm³/mol. The number of hydrogen-bond acceptors (Lipinski definition) is 6. The van der Waals surface area contributed by atoms with Crippen molar-refractivity contribution >= 4 is 11.9 Å². The molecule has 150 valence electrons. The number of nitrogens with zero attached hydrogens (tertiary/aromatic N) is 2. The molecule has 2 aromatic rings. The highest BCUT2D eigenvalue weighted by atomic mass is 16.5. The maximum atomic E-state index is 13.1. The molecule has 1 aromatic carbocycles. The van der Waals surface area contributed by atoms with Gasteiger partial charge in [-0.2, -0.15) is 0 Å². The second-order valence-electron chi connectivity index (χ2n) is 6.93. The van der Waals surface area contributed by atoms with Crippen LogP contribution < -0.4 is 4.74 Å². The Balaban J connectivity index is 1.72. The Kier molecular flexibility index (Phi) is 6.34. The molecule has 1 saturated heterocycles. The summed E-state index contributed by atoms with van der Waals surface area (Å²) in [4.78, 5) is 26.9. The van der Waals surface area contributed by atoms with Gasteiger partial charge >= 0.3 is 5.97 Å². The van der Waals surface area contributed by atoms with E-state index >= 15 is 0 Å². The van der Waals surface area contributed by atoms with E-state index in [1.807, 2.05) is 26.0 Å². The van der Waals surface area contributed by atoms with Gasteiger partial charge in [0.1, 0.15) is 18.1 Å². The number of aryl methyl sites for hydroxylation is 2. The second-order valence-corrected chi connectivity index (χ2v) is 6.93. The minimum atomic E-state index is -0.270. The summed E-state index contributed by atoms with van der Waals surface area (Å²) in [5.74, 6) is 0.569. The van der Waals surface area contributed by atoms with E-state index in [4.69, 9.17) is 14.0 Å². The Labute approximate surface area is 164 Å². The van der Waals surface area contributed by atoms with Crippen LogP contribution in [0.15, 0.2) is 28.8 Å². The minimum absolute atomic E-state index is 0.136. The SMILES string of the molecule is CCOC(=O)C1CCCN(C(=O)c2ccccc2OCc2c(C)noc2C)C1. The number of likely N-dealkylation sites (tertiary alicyclic amines) is 1. The second kappa shape index (κ2) is 8.91. The van der Waals surface area contributed by atoms with Crippen LogP contribution in [0.5, 0.6) is 5.75 Å². The number of carbonyl (C=O) groups excluding carboxylic acids is 2. The van der Waals surface area contributed by atoms with Crippen molar-refractivity contribution in [2.45, 2.75) is 40.2 Å². The van der Waals surface area contributed by atoms with Crippen molar-refractivity contribution in [2.75, 3.05) is 19.7 Å². The van der Waals surface area contributed by atoms with E-state index in [2.05, 4.69) is 5.16 Å². The quantitative estimate of drug-likeness (QED) is 0.709. The molecule has 28 heavy (non-hydrogen) atoms. The van der Waals surface area contributed by atoms with Crippen LogP contribution in [0, 0.1) is 19.8 Å².